The third-order valence-corrected chi connectivity index (χ3v) is 2.16. The van der Waals surface area contributed by atoms with Gasteiger partial charge in [0, 0.05) is 10.5 Å². The van der Waals surface area contributed by atoms with Crippen molar-refractivity contribution in [2.45, 2.75) is 0 Å². The first-order valence-electron chi connectivity index (χ1n) is 3.54. The lowest BCUT2D eigenvalue weighted by atomic mass is 10.2. The molecule has 0 spiro atoms. The fourth-order valence-corrected chi connectivity index (χ4v) is 1.48. The Morgan fingerprint density at radius 2 is 2.00 bits per heavy atom. The molecule has 0 atom stereocenters. The van der Waals surface area contributed by atoms with E-state index in [-0.39, 0.29) is 0 Å². The second kappa shape index (κ2) is 2.88. The van der Waals surface area contributed by atoms with Crippen molar-refractivity contribution in [1.82, 2.24) is 4.98 Å². The lowest BCUT2D eigenvalue weighted by molar-refractivity contribution is 1.38. The second-order valence-corrected chi connectivity index (χ2v) is 3.43. The highest BCUT2D eigenvalue weighted by Gasteiger charge is 1.92. The summed E-state index contributed by atoms with van der Waals surface area (Å²) in [4.78, 5) is 3.07. The average Bonchev–Trinajstić information content (AvgIpc) is 2.05. The maximum atomic E-state index is 5.82. The van der Waals surface area contributed by atoms with Crippen LogP contribution in [0.4, 0.5) is 0 Å². The molecule has 0 radical (unpaired) electrons. The molecular formula is C9H6ClNS. The van der Waals surface area contributed by atoms with Gasteiger partial charge in [0.15, 0.2) is 0 Å². The number of benzene rings is 1. The van der Waals surface area contributed by atoms with Crippen LogP contribution in [0.25, 0.3) is 10.9 Å². The normalized spacial score (nSPS) is 10.4. The summed E-state index contributed by atoms with van der Waals surface area (Å²) in [6.07, 6.45) is 0. The second-order valence-electron chi connectivity index (χ2n) is 2.55. The molecular weight excluding hydrogens is 190 g/mol. The lowest BCUT2D eigenvalue weighted by Crippen LogP contribution is -1.77. The van der Waals surface area contributed by atoms with Gasteiger partial charge in [-0.05, 0) is 35.7 Å². The number of fused-ring (bicyclic) bond motifs is 1. The van der Waals surface area contributed by atoms with Gasteiger partial charge in [-0.3, -0.25) is 0 Å². The number of pyridine rings is 1. The summed E-state index contributed by atoms with van der Waals surface area (Å²) in [6, 6.07) is 9.48. The highest BCUT2D eigenvalue weighted by molar-refractivity contribution is 7.71. The SMILES string of the molecule is S=c1ccc2cc(Cl)ccc2[nH]1. The molecule has 0 aliphatic heterocycles. The Kier molecular flexibility index (Phi) is 1.87. The predicted octanol–water partition coefficient (Wildman–Crippen LogP) is 3.55. The molecule has 0 unspecified atom stereocenters. The molecule has 2 rings (SSSR count). The van der Waals surface area contributed by atoms with Gasteiger partial charge < -0.3 is 4.98 Å². The van der Waals surface area contributed by atoms with Gasteiger partial charge in [0.2, 0.25) is 0 Å². The third-order valence-electron chi connectivity index (χ3n) is 1.69. The minimum Gasteiger partial charge on any atom is -0.346 e. The van der Waals surface area contributed by atoms with E-state index in [1.54, 1.807) is 0 Å². The van der Waals surface area contributed by atoms with Crippen LogP contribution >= 0.6 is 23.8 Å². The topological polar surface area (TPSA) is 15.8 Å². The molecule has 2 aromatic rings. The van der Waals surface area contributed by atoms with Crippen LogP contribution < -0.4 is 0 Å². The van der Waals surface area contributed by atoms with Crippen molar-refractivity contribution in [3.8, 4) is 0 Å². The third kappa shape index (κ3) is 1.36. The summed E-state index contributed by atoms with van der Waals surface area (Å²) in [5.74, 6) is 0. The Labute approximate surface area is 80.0 Å². The lowest BCUT2D eigenvalue weighted by Gasteiger charge is -1.96. The Balaban J connectivity index is 2.87. The van der Waals surface area contributed by atoms with Gasteiger partial charge >= 0.3 is 0 Å². The number of halogens is 1. The summed E-state index contributed by atoms with van der Waals surface area (Å²) < 4.78 is 0.741. The molecule has 1 aromatic carbocycles. The van der Waals surface area contributed by atoms with Crippen LogP contribution in [0.1, 0.15) is 0 Å². The zero-order chi connectivity index (χ0) is 8.55. The van der Waals surface area contributed by atoms with Crippen molar-refractivity contribution in [1.29, 1.82) is 0 Å². The largest absolute Gasteiger partial charge is 0.346 e. The molecule has 0 saturated carbocycles. The molecule has 0 saturated heterocycles. The molecule has 0 aliphatic carbocycles. The molecule has 1 aromatic heterocycles. The number of hydrogen-bond donors (Lipinski definition) is 1. The van der Waals surface area contributed by atoms with Crippen molar-refractivity contribution in [3.63, 3.8) is 0 Å². The minimum absolute atomic E-state index is 0.741. The van der Waals surface area contributed by atoms with Gasteiger partial charge in [-0.15, -0.1) is 0 Å². The number of hydrogen-bond acceptors (Lipinski definition) is 1. The van der Waals surface area contributed by atoms with Gasteiger partial charge in [-0.2, -0.15) is 0 Å². The van der Waals surface area contributed by atoms with E-state index in [0.29, 0.717) is 0 Å². The van der Waals surface area contributed by atoms with E-state index in [0.717, 1.165) is 20.6 Å². The number of aromatic amines is 1. The average molecular weight is 196 g/mol. The van der Waals surface area contributed by atoms with Gasteiger partial charge in [0.05, 0.1) is 0 Å². The number of rotatable bonds is 0. The standard InChI is InChI=1S/C9H6ClNS/c10-7-2-3-8-6(5-7)1-4-9(12)11-8/h1-5H,(H,11,12). The maximum absolute atomic E-state index is 5.82. The van der Waals surface area contributed by atoms with Gasteiger partial charge in [-0.1, -0.05) is 23.8 Å². The predicted molar refractivity (Wildman–Crippen MR) is 54.1 cm³/mol. The van der Waals surface area contributed by atoms with E-state index in [2.05, 4.69) is 4.98 Å². The molecule has 0 amide bonds. The quantitative estimate of drug-likeness (QED) is 0.636. The minimum atomic E-state index is 0.741. The molecule has 1 nitrogen and oxygen atoms in total. The monoisotopic (exact) mass is 195 g/mol. The van der Waals surface area contributed by atoms with Gasteiger partial charge in [0.1, 0.15) is 4.64 Å². The fourth-order valence-electron chi connectivity index (χ4n) is 1.13. The first-order chi connectivity index (χ1) is 5.75. The van der Waals surface area contributed by atoms with Crippen LogP contribution in [0.15, 0.2) is 30.3 Å². The van der Waals surface area contributed by atoms with E-state index in [9.17, 15) is 0 Å². The summed E-state index contributed by atoms with van der Waals surface area (Å²) in [5.41, 5.74) is 1.02. The van der Waals surface area contributed by atoms with Crippen molar-refractivity contribution in [2.24, 2.45) is 0 Å². The van der Waals surface area contributed by atoms with E-state index >= 15 is 0 Å². The Bertz CT molecular complexity index is 475. The van der Waals surface area contributed by atoms with Crippen molar-refractivity contribution >= 4 is 34.7 Å². The zero-order valence-electron chi connectivity index (χ0n) is 6.17. The highest BCUT2D eigenvalue weighted by atomic mass is 35.5. The molecule has 12 heavy (non-hydrogen) atoms. The van der Waals surface area contributed by atoms with E-state index in [1.807, 2.05) is 30.3 Å². The van der Waals surface area contributed by atoms with Crippen LogP contribution in [0.5, 0.6) is 0 Å². The Hall–Kier alpha value is -0.860. The van der Waals surface area contributed by atoms with E-state index in [4.69, 9.17) is 23.8 Å². The molecule has 0 fully saturated rings. The zero-order valence-corrected chi connectivity index (χ0v) is 7.75. The summed E-state index contributed by atoms with van der Waals surface area (Å²) in [5, 5.41) is 1.82. The first-order valence-corrected chi connectivity index (χ1v) is 4.33. The Morgan fingerprint density at radius 1 is 1.17 bits per heavy atom. The number of H-pyrrole nitrogens is 1. The van der Waals surface area contributed by atoms with Crippen molar-refractivity contribution < 1.29 is 0 Å². The summed E-state index contributed by atoms with van der Waals surface area (Å²) in [6.45, 7) is 0. The van der Waals surface area contributed by atoms with Crippen LogP contribution in [-0.4, -0.2) is 4.98 Å². The van der Waals surface area contributed by atoms with Gasteiger partial charge in [-0.25, -0.2) is 0 Å². The van der Waals surface area contributed by atoms with Crippen LogP contribution in [0, 0.1) is 4.64 Å². The number of nitrogens with one attached hydrogen (secondary N) is 1. The van der Waals surface area contributed by atoms with Crippen LogP contribution in [0.2, 0.25) is 5.02 Å². The molecule has 0 aliphatic rings. The van der Waals surface area contributed by atoms with E-state index in [1.165, 1.54) is 0 Å². The first kappa shape index (κ1) is 7.77. The Morgan fingerprint density at radius 3 is 2.83 bits per heavy atom. The fraction of sp³-hybridized carbons (Fsp3) is 0. The summed E-state index contributed by atoms with van der Waals surface area (Å²) in [7, 11) is 0. The highest BCUT2D eigenvalue weighted by Crippen LogP contribution is 2.16. The van der Waals surface area contributed by atoms with Crippen molar-refractivity contribution in [2.75, 3.05) is 0 Å². The molecule has 0 bridgehead atoms. The molecule has 1 heterocycles. The van der Waals surface area contributed by atoms with E-state index < -0.39 is 0 Å². The van der Waals surface area contributed by atoms with Crippen LogP contribution in [0.3, 0.4) is 0 Å². The number of aromatic nitrogens is 1. The molecule has 60 valence electrons. The molecule has 1 N–H and O–H groups in total. The van der Waals surface area contributed by atoms with Gasteiger partial charge in [0.25, 0.3) is 0 Å². The molecule has 3 heteroatoms. The van der Waals surface area contributed by atoms with Crippen LogP contribution in [-0.2, 0) is 0 Å². The smallest absolute Gasteiger partial charge is 0.103 e. The maximum Gasteiger partial charge on any atom is 0.103 e. The summed E-state index contributed by atoms with van der Waals surface area (Å²) >= 11 is 10.8. The van der Waals surface area contributed by atoms with Crippen molar-refractivity contribution in [3.05, 3.63) is 40.0 Å².